The van der Waals surface area contributed by atoms with Gasteiger partial charge in [0.2, 0.25) is 5.91 Å². The molecule has 9 nitrogen and oxygen atoms in total. The van der Waals surface area contributed by atoms with Crippen LogP contribution in [0.5, 0.6) is 0 Å². The van der Waals surface area contributed by atoms with E-state index >= 15 is 0 Å². The molecule has 0 aromatic carbocycles. The predicted molar refractivity (Wildman–Crippen MR) is 115 cm³/mol. The highest BCUT2D eigenvalue weighted by molar-refractivity contribution is 7.19. The van der Waals surface area contributed by atoms with E-state index in [0.29, 0.717) is 23.2 Å². The Balaban J connectivity index is 1.55. The van der Waals surface area contributed by atoms with Gasteiger partial charge in [0.25, 0.3) is 5.91 Å². The maximum absolute atomic E-state index is 12.8. The average molecular weight is 424 g/mol. The number of anilines is 1. The molecule has 30 heavy (non-hydrogen) atoms. The molecule has 0 saturated heterocycles. The molecule has 0 spiro atoms. The SMILES string of the molecule is CC(=O)N(C)c1ncc(-c2nc(C(=O)NCCCn3ccnc3)c3ccccn23)s1. The number of nitrogens with zero attached hydrogens (tertiary/aromatic N) is 6. The van der Waals surface area contributed by atoms with Crippen molar-refractivity contribution >= 4 is 33.8 Å². The molecule has 0 saturated carbocycles. The van der Waals surface area contributed by atoms with E-state index in [9.17, 15) is 9.59 Å². The average Bonchev–Trinajstić information content (AvgIpc) is 3.49. The van der Waals surface area contributed by atoms with Crippen LogP contribution < -0.4 is 10.2 Å². The fourth-order valence-corrected chi connectivity index (χ4v) is 3.91. The van der Waals surface area contributed by atoms with Crippen LogP contribution in [0, 0.1) is 0 Å². The molecule has 0 fully saturated rings. The normalized spacial score (nSPS) is 11.0. The van der Waals surface area contributed by atoms with Crippen LogP contribution in [0.2, 0.25) is 0 Å². The maximum atomic E-state index is 12.8. The van der Waals surface area contributed by atoms with Crippen LogP contribution in [-0.2, 0) is 11.3 Å². The number of aryl methyl sites for hydroxylation is 1. The van der Waals surface area contributed by atoms with Gasteiger partial charge in [0.05, 0.1) is 22.9 Å². The van der Waals surface area contributed by atoms with Gasteiger partial charge < -0.3 is 9.88 Å². The molecule has 0 radical (unpaired) electrons. The summed E-state index contributed by atoms with van der Waals surface area (Å²) in [6.07, 6.45) is 9.70. The van der Waals surface area contributed by atoms with Gasteiger partial charge in [0.15, 0.2) is 16.6 Å². The number of thiazole rings is 1. The van der Waals surface area contributed by atoms with Crippen LogP contribution in [0.25, 0.3) is 16.2 Å². The first-order valence-electron chi connectivity index (χ1n) is 9.46. The Morgan fingerprint density at radius 3 is 2.90 bits per heavy atom. The second kappa shape index (κ2) is 8.46. The zero-order chi connectivity index (χ0) is 21.1. The minimum atomic E-state index is -0.221. The Morgan fingerprint density at radius 2 is 2.13 bits per heavy atom. The number of fused-ring (bicyclic) bond motifs is 1. The van der Waals surface area contributed by atoms with Gasteiger partial charge in [-0.25, -0.2) is 15.0 Å². The van der Waals surface area contributed by atoms with Gasteiger partial charge in [-0.15, -0.1) is 0 Å². The number of nitrogens with one attached hydrogen (secondary N) is 1. The van der Waals surface area contributed by atoms with E-state index in [1.54, 1.807) is 25.8 Å². The number of amides is 2. The molecular formula is C20H21N7O2S. The van der Waals surface area contributed by atoms with Crippen LogP contribution >= 0.6 is 11.3 Å². The summed E-state index contributed by atoms with van der Waals surface area (Å²) in [6, 6.07) is 5.62. The standard InChI is InChI=1S/C20H21N7O2S/c1-14(28)25(2)20-23-12-16(30-20)18-24-17(15-6-3-4-10-27(15)18)19(29)22-7-5-9-26-11-8-21-13-26/h3-4,6,8,10-13H,5,7,9H2,1-2H3,(H,22,29). The van der Waals surface area contributed by atoms with Crippen LogP contribution in [0.4, 0.5) is 5.13 Å². The molecule has 0 aliphatic heterocycles. The molecule has 4 rings (SSSR count). The van der Waals surface area contributed by atoms with Gasteiger partial charge in [-0.1, -0.05) is 17.4 Å². The Morgan fingerprint density at radius 1 is 1.27 bits per heavy atom. The number of aromatic nitrogens is 5. The minimum absolute atomic E-state index is 0.0976. The van der Waals surface area contributed by atoms with Crippen molar-refractivity contribution in [3.8, 4) is 10.7 Å². The summed E-state index contributed by atoms with van der Waals surface area (Å²) in [5, 5.41) is 3.52. The van der Waals surface area contributed by atoms with Gasteiger partial charge in [0, 0.05) is 45.7 Å². The molecule has 0 unspecified atom stereocenters. The molecule has 4 heterocycles. The predicted octanol–water partition coefficient (Wildman–Crippen LogP) is 2.46. The van der Waals surface area contributed by atoms with Crippen molar-refractivity contribution in [1.82, 2.24) is 29.2 Å². The van der Waals surface area contributed by atoms with E-state index < -0.39 is 0 Å². The van der Waals surface area contributed by atoms with Crippen LogP contribution in [0.3, 0.4) is 0 Å². The zero-order valence-corrected chi connectivity index (χ0v) is 17.5. The first kappa shape index (κ1) is 19.8. The summed E-state index contributed by atoms with van der Waals surface area (Å²) in [5.74, 6) is 0.302. The molecule has 0 atom stereocenters. The van der Waals surface area contributed by atoms with Crippen LogP contribution in [-0.4, -0.2) is 49.3 Å². The monoisotopic (exact) mass is 423 g/mol. The number of rotatable bonds is 7. The van der Waals surface area contributed by atoms with Gasteiger partial charge >= 0.3 is 0 Å². The summed E-state index contributed by atoms with van der Waals surface area (Å²) in [5.41, 5.74) is 1.08. The third-order valence-electron chi connectivity index (χ3n) is 4.67. The highest BCUT2D eigenvalue weighted by atomic mass is 32.1. The fourth-order valence-electron chi connectivity index (χ4n) is 3.00. The molecule has 154 valence electrons. The van der Waals surface area contributed by atoms with E-state index in [2.05, 4.69) is 20.3 Å². The topological polar surface area (TPSA) is 97.4 Å². The Hall–Kier alpha value is -3.53. The molecule has 4 aromatic rings. The summed E-state index contributed by atoms with van der Waals surface area (Å²) in [7, 11) is 1.68. The fraction of sp³-hybridized carbons (Fsp3) is 0.250. The van der Waals surface area contributed by atoms with Crippen LogP contribution in [0.1, 0.15) is 23.8 Å². The second-order valence-electron chi connectivity index (χ2n) is 6.73. The van der Waals surface area contributed by atoms with Crippen molar-refractivity contribution in [2.24, 2.45) is 0 Å². The molecular weight excluding hydrogens is 402 g/mol. The van der Waals surface area contributed by atoms with Crippen molar-refractivity contribution in [3.63, 3.8) is 0 Å². The Bertz CT molecular complexity index is 1180. The van der Waals surface area contributed by atoms with Gasteiger partial charge in [-0.3, -0.25) is 18.9 Å². The lowest BCUT2D eigenvalue weighted by Gasteiger charge is -2.09. The number of pyridine rings is 1. The quantitative estimate of drug-likeness (QED) is 0.461. The minimum Gasteiger partial charge on any atom is -0.351 e. The first-order chi connectivity index (χ1) is 14.5. The van der Waals surface area contributed by atoms with Crippen molar-refractivity contribution < 1.29 is 9.59 Å². The van der Waals surface area contributed by atoms with E-state index in [1.807, 2.05) is 39.6 Å². The van der Waals surface area contributed by atoms with E-state index in [-0.39, 0.29) is 11.8 Å². The van der Waals surface area contributed by atoms with Crippen molar-refractivity contribution in [3.05, 3.63) is 55.0 Å². The van der Waals surface area contributed by atoms with E-state index in [4.69, 9.17) is 0 Å². The van der Waals surface area contributed by atoms with Crippen molar-refractivity contribution in [1.29, 1.82) is 0 Å². The summed E-state index contributed by atoms with van der Waals surface area (Å²) in [6.45, 7) is 2.80. The van der Waals surface area contributed by atoms with Crippen molar-refractivity contribution in [2.75, 3.05) is 18.5 Å². The van der Waals surface area contributed by atoms with Gasteiger partial charge in [-0.2, -0.15) is 0 Å². The van der Waals surface area contributed by atoms with E-state index in [1.165, 1.54) is 23.2 Å². The van der Waals surface area contributed by atoms with Crippen LogP contribution in [0.15, 0.2) is 49.3 Å². The molecule has 0 aliphatic carbocycles. The third kappa shape index (κ3) is 3.94. The largest absolute Gasteiger partial charge is 0.351 e. The van der Waals surface area contributed by atoms with Gasteiger partial charge in [0.1, 0.15) is 0 Å². The Kier molecular flexibility index (Phi) is 5.57. The Labute approximate surface area is 177 Å². The summed E-state index contributed by atoms with van der Waals surface area (Å²) in [4.78, 5) is 39.6. The second-order valence-corrected chi connectivity index (χ2v) is 7.74. The van der Waals surface area contributed by atoms with Crippen molar-refractivity contribution in [2.45, 2.75) is 19.9 Å². The molecule has 10 heteroatoms. The first-order valence-corrected chi connectivity index (χ1v) is 10.3. The lowest BCUT2D eigenvalue weighted by atomic mass is 10.3. The highest BCUT2D eigenvalue weighted by Crippen LogP contribution is 2.31. The summed E-state index contributed by atoms with van der Waals surface area (Å²) >= 11 is 1.35. The highest BCUT2D eigenvalue weighted by Gasteiger charge is 2.20. The number of imidazole rings is 2. The number of hydrogen-bond donors (Lipinski definition) is 1. The number of carbonyl (C=O) groups is 2. The van der Waals surface area contributed by atoms with E-state index in [0.717, 1.165) is 23.4 Å². The molecule has 1 N–H and O–H groups in total. The molecule has 0 bridgehead atoms. The maximum Gasteiger partial charge on any atom is 0.272 e. The third-order valence-corrected chi connectivity index (χ3v) is 5.74. The summed E-state index contributed by atoms with van der Waals surface area (Å²) < 4.78 is 3.83. The smallest absolute Gasteiger partial charge is 0.272 e. The number of carbonyl (C=O) groups excluding carboxylic acids is 2. The van der Waals surface area contributed by atoms with Gasteiger partial charge in [-0.05, 0) is 18.6 Å². The lowest BCUT2D eigenvalue weighted by Crippen LogP contribution is -2.25. The zero-order valence-electron chi connectivity index (χ0n) is 16.6. The lowest BCUT2D eigenvalue weighted by molar-refractivity contribution is -0.116. The number of hydrogen-bond acceptors (Lipinski definition) is 6. The molecule has 0 aliphatic rings. The molecule has 2 amide bonds. The molecule has 4 aromatic heterocycles.